The third-order valence-electron chi connectivity index (χ3n) is 2.56. The lowest BCUT2D eigenvalue weighted by atomic mass is 10.2. The third kappa shape index (κ3) is 2.50. The summed E-state index contributed by atoms with van der Waals surface area (Å²) in [5, 5.41) is 0. The Hall–Kier alpha value is -1.75. The minimum atomic E-state index is -0.455. The van der Waals surface area contributed by atoms with Crippen LogP contribution in [0.5, 0.6) is 0 Å². The molecule has 0 saturated heterocycles. The number of imidazole rings is 1. The third-order valence-corrected chi connectivity index (χ3v) is 2.56. The predicted octanol–water partition coefficient (Wildman–Crippen LogP) is 2.23. The molecule has 0 amide bonds. The Labute approximate surface area is 97.9 Å². The zero-order valence-electron chi connectivity index (χ0n) is 9.40. The Kier molecular flexibility index (Phi) is 3.19. The SMILES string of the molecule is CC(N)c1cncn1Cc1cc(F)ccc1F. The van der Waals surface area contributed by atoms with Gasteiger partial charge in [-0.2, -0.15) is 0 Å². The molecule has 1 atom stereocenters. The van der Waals surface area contributed by atoms with Crippen molar-refractivity contribution in [3.63, 3.8) is 0 Å². The molecular weight excluding hydrogens is 224 g/mol. The molecule has 0 aliphatic heterocycles. The summed E-state index contributed by atoms with van der Waals surface area (Å²) in [4.78, 5) is 3.96. The van der Waals surface area contributed by atoms with E-state index in [1.54, 1.807) is 17.1 Å². The van der Waals surface area contributed by atoms with Crippen LogP contribution >= 0.6 is 0 Å². The lowest BCUT2D eigenvalue weighted by Crippen LogP contribution is -2.13. The van der Waals surface area contributed by atoms with E-state index >= 15 is 0 Å². The number of hydrogen-bond acceptors (Lipinski definition) is 2. The first-order valence-corrected chi connectivity index (χ1v) is 5.27. The van der Waals surface area contributed by atoms with Crippen molar-refractivity contribution in [2.75, 3.05) is 0 Å². The predicted molar refractivity (Wildman–Crippen MR) is 60.3 cm³/mol. The van der Waals surface area contributed by atoms with Crippen molar-refractivity contribution < 1.29 is 8.78 Å². The van der Waals surface area contributed by atoms with Crippen LogP contribution in [0.15, 0.2) is 30.7 Å². The van der Waals surface area contributed by atoms with Crippen LogP contribution in [-0.4, -0.2) is 9.55 Å². The minimum absolute atomic E-state index is 0.200. The molecule has 2 N–H and O–H groups in total. The number of nitrogens with zero attached hydrogens (tertiary/aromatic N) is 2. The van der Waals surface area contributed by atoms with Crippen LogP contribution in [0.1, 0.15) is 24.2 Å². The van der Waals surface area contributed by atoms with Gasteiger partial charge >= 0.3 is 0 Å². The Morgan fingerprint density at radius 1 is 1.41 bits per heavy atom. The average molecular weight is 237 g/mol. The minimum Gasteiger partial charge on any atom is -0.329 e. The fourth-order valence-electron chi connectivity index (χ4n) is 1.69. The van der Waals surface area contributed by atoms with Crippen molar-refractivity contribution >= 4 is 0 Å². The van der Waals surface area contributed by atoms with Crippen molar-refractivity contribution in [1.29, 1.82) is 0 Å². The smallest absolute Gasteiger partial charge is 0.128 e. The zero-order chi connectivity index (χ0) is 12.4. The second-order valence-corrected chi connectivity index (χ2v) is 3.97. The molecule has 5 heteroatoms. The summed E-state index contributed by atoms with van der Waals surface area (Å²) >= 11 is 0. The molecule has 0 saturated carbocycles. The van der Waals surface area contributed by atoms with E-state index < -0.39 is 11.6 Å². The van der Waals surface area contributed by atoms with E-state index in [0.29, 0.717) is 0 Å². The van der Waals surface area contributed by atoms with Gasteiger partial charge < -0.3 is 10.3 Å². The Morgan fingerprint density at radius 2 is 2.18 bits per heavy atom. The summed E-state index contributed by atoms with van der Waals surface area (Å²) in [5.74, 6) is -0.889. The fraction of sp³-hybridized carbons (Fsp3) is 0.250. The summed E-state index contributed by atoms with van der Waals surface area (Å²) in [6.45, 7) is 2.04. The van der Waals surface area contributed by atoms with Crippen molar-refractivity contribution in [2.24, 2.45) is 5.73 Å². The van der Waals surface area contributed by atoms with Crippen molar-refractivity contribution in [3.05, 3.63) is 53.6 Å². The number of benzene rings is 1. The van der Waals surface area contributed by atoms with Crippen molar-refractivity contribution in [3.8, 4) is 0 Å². The van der Waals surface area contributed by atoms with Crippen molar-refractivity contribution in [1.82, 2.24) is 9.55 Å². The highest BCUT2D eigenvalue weighted by Crippen LogP contribution is 2.15. The topological polar surface area (TPSA) is 43.8 Å². The maximum Gasteiger partial charge on any atom is 0.128 e. The van der Waals surface area contributed by atoms with Gasteiger partial charge in [-0.15, -0.1) is 0 Å². The van der Waals surface area contributed by atoms with Gasteiger partial charge in [0.15, 0.2) is 0 Å². The molecule has 0 aliphatic carbocycles. The largest absolute Gasteiger partial charge is 0.329 e. The summed E-state index contributed by atoms with van der Waals surface area (Å²) < 4.78 is 28.2. The van der Waals surface area contributed by atoms with E-state index in [4.69, 9.17) is 5.73 Å². The first kappa shape index (κ1) is 11.7. The van der Waals surface area contributed by atoms with Gasteiger partial charge in [-0.05, 0) is 25.1 Å². The van der Waals surface area contributed by atoms with Crippen LogP contribution in [0.3, 0.4) is 0 Å². The highest BCUT2D eigenvalue weighted by molar-refractivity contribution is 5.20. The molecule has 0 spiro atoms. The van der Waals surface area contributed by atoms with Gasteiger partial charge in [0.2, 0.25) is 0 Å². The Balaban J connectivity index is 2.31. The number of rotatable bonds is 3. The van der Waals surface area contributed by atoms with Gasteiger partial charge in [0.25, 0.3) is 0 Å². The number of halogens is 2. The van der Waals surface area contributed by atoms with E-state index in [-0.39, 0.29) is 18.2 Å². The molecule has 3 nitrogen and oxygen atoms in total. The molecule has 1 aromatic carbocycles. The van der Waals surface area contributed by atoms with Crippen molar-refractivity contribution in [2.45, 2.75) is 19.5 Å². The van der Waals surface area contributed by atoms with Crippen LogP contribution in [0.25, 0.3) is 0 Å². The molecule has 17 heavy (non-hydrogen) atoms. The fourth-order valence-corrected chi connectivity index (χ4v) is 1.69. The molecule has 0 fully saturated rings. The molecule has 0 radical (unpaired) electrons. The van der Waals surface area contributed by atoms with Gasteiger partial charge in [-0.25, -0.2) is 13.8 Å². The molecule has 2 aromatic rings. The highest BCUT2D eigenvalue weighted by atomic mass is 19.1. The first-order valence-electron chi connectivity index (χ1n) is 5.27. The molecule has 90 valence electrons. The number of aromatic nitrogens is 2. The molecule has 0 bridgehead atoms. The lowest BCUT2D eigenvalue weighted by Gasteiger charge is -2.11. The van der Waals surface area contributed by atoms with Crippen LogP contribution in [0.4, 0.5) is 8.78 Å². The molecular formula is C12H13F2N3. The summed E-state index contributed by atoms with van der Waals surface area (Å²) in [6.07, 6.45) is 3.19. The monoisotopic (exact) mass is 237 g/mol. The summed E-state index contributed by atoms with van der Waals surface area (Å²) in [5.41, 5.74) is 6.82. The van der Waals surface area contributed by atoms with E-state index in [9.17, 15) is 8.78 Å². The maximum atomic E-state index is 13.5. The maximum absolute atomic E-state index is 13.5. The number of hydrogen-bond donors (Lipinski definition) is 1. The van der Waals surface area contributed by atoms with Crippen LogP contribution in [-0.2, 0) is 6.54 Å². The van der Waals surface area contributed by atoms with Gasteiger partial charge in [0.05, 0.1) is 18.6 Å². The molecule has 1 unspecified atom stereocenters. The van der Waals surface area contributed by atoms with Gasteiger partial charge in [-0.3, -0.25) is 0 Å². The Morgan fingerprint density at radius 3 is 2.88 bits per heavy atom. The first-order chi connectivity index (χ1) is 8.08. The standard InChI is InChI=1S/C12H13F2N3/c1-8(15)12-5-16-7-17(12)6-9-4-10(13)2-3-11(9)14/h2-5,7-8H,6,15H2,1H3. The van der Waals surface area contributed by atoms with Gasteiger partial charge in [0, 0.05) is 17.8 Å². The highest BCUT2D eigenvalue weighted by Gasteiger charge is 2.10. The molecule has 2 rings (SSSR count). The quantitative estimate of drug-likeness (QED) is 0.889. The van der Waals surface area contributed by atoms with Gasteiger partial charge in [0.1, 0.15) is 11.6 Å². The molecule has 1 aromatic heterocycles. The zero-order valence-corrected chi connectivity index (χ0v) is 9.40. The van der Waals surface area contributed by atoms with E-state index in [0.717, 1.165) is 17.8 Å². The molecule has 0 aliphatic rings. The van der Waals surface area contributed by atoms with Gasteiger partial charge in [-0.1, -0.05) is 0 Å². The van der Waals surface area contributed by atoms with Crippen LogP contribution in [0, 0.1) is 11.6 Å². The average Bonchev–Trinajstić information content (AvgIpc) is 2.71. The Bertz CT molecular complexity index is 520. The second-order valence-electron chi connectivity index (χ2n) is 3.97. The second kappa shape index (κ2) is 4.63. The van der Waals surface area contributed by atoms with E-state index in [2.05, 4.69) is 4.98 Å². The van der Waals surface area contributed by atoms with Crippen LogP contribution in [0.2, 0.25) is 0 Å². The van der Waals surface area contributed by atoms with Crippen LogP contribution < -0.4 is 5.73 Å². The number of nitrogens with two attached hydrogens (primary N) is 1. The summed E-state index contributed by atoms with van der Waals surface area (Å²) in [7, 11) is 0. The lowest BCUT2D eigenvalue weighted by molar-refractivity contribution is 0.570. The van der Waals surface area contributed by atoms with E-state index in [1.165, 1.54) is 6.07 Å². The summed E-state index contributed by atoms with van der Waals surface area (Å²) in [6, 6.07) is 3.20. The normalized spacial score (nSPS) is 12.7. The molecule has 1 heterocycles. The van der Waals surface area contributed by atoms with E-state index in [1.807, 2.05) is 6.92 Å².